The molecule has 1 aromatic heterocycles. The maximum absolute atomic E-state index is 9.70. The first-order valence-corrected chi connectivity index (χ1v) is 5.01. The topological polar surface area (TPSA) is 48.9 Å². The van der Waals surface area contributed by atoms with Crippen LogP contribution in [0.1, 0.15) is 31.5 Å². The number of rotatable bonds is 4. The molecule has 1 saturated carbocycles. The van der Waals surface area contributed by atoms with E-state index in [0.717, 1.165) is 18.2 Å². The minimum atomic E-state index is -0.212. The van der Waals surface area contributed by atoms with E-state index < -0.39 is 0 Å². The Bertz CT molecular complexity index is 241. The van der Waals surface area contributed by atoms with Crippen molar-refractivity contribution in [1.29, 1.82) is 0 Å². The fourth-order valence-electron chi connectivity index (χ4n) is 1.83. The van der Waals surface area contributed by atoms with Crippen molar-refractivity contribution < 1.29 is 5.11 Å². The predicted molar refractivity (Wildman–Crippen MR) is 50.3 cm³/mol. The van der Waals surface area contributed by atoms with Gasteiger partial charge in [-0.15, -0.1) is 0 Å². The molecule has 0 bridgehead atoms. The lowest BCUT2D eigenvalue weighted by Crippen LogP contribution is -2.21. The zero-order chi connectivity index (χ0) is 9.10. The maximum Gasteiger partial charge on any atom is 0.108 e. The number of nitrogens with zero attached hydrogens (tertiary/aromatic N) is 1. The van der Waals surface area contributed by atoms with Gasteiger partial charge in [-0.05, 0) is 12.3 Å². The number of H-pyrrole nitrogens is 1. The SMILES string of the molecule is OC(Cc1ncc[nH]1)CC1CCC1. The lowest BCUT2D eigenvalue weighted by Gasteiger charge is -2.27. The molecule has 0 amide bonds. The molecule has 0 saturated heterocycles. The fourth-order valence-corrected chi connectivity index (χ4v) is 1.83. The minimum Gasteiger partial charge on any atom is -0.393 e. The molecule has 3 nitrogen and oxygen atoms in total. The van der Waals surface area contributed by atoms with Gasteiger partial charge in [0.25, 0.3) is 0 Å². The normalized spacial score (nSPS) is 19.8. The molecule has 0 aromatic carbocycles. The second-order valence-corrected chi connectivity index (χ2v) is 3.93. The van der Waals surface area contributed by atoms with Crippen LogP contribution in [0.25, 0.3) is 0 Å². The van der Waals surface area contributed by atoms with E-state index in [0.29, 0.717) is 6.42 Å². The highest BCUT2D eigenvalue weighted by molar-refractivity contribution is 4.90. The number of imidazole rings is 1. The summed E-state index contributed by atoms with van der Waals surface area (Å²) < 4.78 is 0. The van der Waals surface area contributed by atoms with Gasteiger partial charge in [0.2, 0.25) is 0 Å². The van der Waals surface area contributed by atoms with Crippen molar-refractivity contribution in [3.8, 4) is 0 Å². The molecule has 1 unspecified atom stereocenters. The quantitative estimate of drug-likeness (QED) is 0.737. The van der Waals surface area contributed by atoms with Crippen LogP contribution >= 0.6 is 0 Å². The molecule has 1 atom stereocenters. The van der Waals surface area contributed by atoms with Crippen molar-refractivity contribution in [2.75, 3.05) is 0 Å². The molecule has 2 N–H and O–H groups in total. The average molecular weight is 180 g/mol. The van der Waals surface area contributed by atoms with E-state index in [1.807, 2.05) is 0 Å². The molecule has 0 aliphatic heterocycles. The largest absolute Gasteiger partial charge is 0.393 e. The standard InChI is InChI=1S/C10H16N2O/c13-9(6-8-2-1-3-8)7-10-11-4-5-12-10/h4-5,8-9,13H,1-3,6-7H2,(H,11,12). The zero-order valence-corrected chi connectivity index (χ0v) is 7.74. The number of aromatic nitrogens is 2. The van der Waals surface area contributed by atoms with Gasteiger partial charge in [0, 0.05) is 18.8 Å². The summed E-state index contributed by atoms with van der Waals surface area (Å²) in [6.45, 7) is 0. The van der Waals surface area contributed by atoms with Crippen LogP contribution in [-0.4, -0.2) is 21.2 Å². The van der Waals surface area contributed by atoms with Crippen molar-refractivity contribution >= 4 is 0 Å². The fraction of sp³-hybridized carbons (Fsp3) is 0.700. The molecule has 13 heavy (non-hydrogen) atoms. The molecule has 1 fully saturated rings. The number of aliphatic hydroxyl groups excluding tert-OH is 1. The Kier molecular flexibility index (Phi) is 2.64. The van der Waals surface area contributed by atoms with E-state index in [1.165, 1.54) is 19.3 Å². The Labute approximate surface area is 78.2 Å². The van der Waals surface area contributed by atoms with E-state index in [-0.39, 0.29) is 6.10 Å². The van der Waals surface area contributed by atoms with E-state index in [2.05, 4.69) is 9.97 Å². The van der Waals surface area contributed by atoms with Crippen LogP contribution in [0.3, 0.4) is 0 Å². The number of aromatic amines is 1. The van der Waals surface area contributed by atoms with E-state index in [4.69, 9.17) is 0 Å². The van der Waals surface area contributed by atoms with Crippen molar-refractivity contribution in [3.63, 3.8) is 0 Å². The molecular formula is C10H16N2O. The summed E-state index contributed by atoms with van der Waals surface area (Å²) in [6.07, 6.45) is 8.88. The molecule has 1 heterocycles. The van der Waals surface area contributed by atoms with Crippen LogP contribution in [0, 0.1) is 5.92 Å². The summed E-state index contributed by atoms with van der Waals surface area (Å²) in [5.41, 5.74) is 0. The second kappa shape index (κ2) is 3.92. The third kappa shape index (κ3) is 2.31. The van der Waals surface area contributed by atoms with E-state index in [1.54, 1.807) is 12.4 Å². The van der Waals surface area contributed by atoms with Gasteiger partial charge in [0.05, 0.1) is 6.10 Å². The lowest BCUT2D eigenvalue weighted by molar-refractivity contribution is 0.116. The molecule has 1 aliphatic rings. The average Bonchev–Trinajstić information content (AvgIpc) is 2.49. The Morgan fingerprint density at radius 3 is 3.00 bits per heavy atom. The van der Waals surface area contributed by atoms with Crippen molar-refractivity contribution in [3.05, 3.63) is 18.2 Å². The van der Waals surface area contributed by atoms with Crippen molar-refractivity contribution in [2.24, 2.45) is 5.92 Å². The predicted octanol–water partition coefficient (Wildman–Crippen LogP) is 1.50. The van der Waals surface area contributed by atoms with Gasteiger partial charge in [-0.25, -0.2) is 4.98 Å². The minimum absolute atomic E-state index is 0.212. The van der Waals surface area contributed by atoms with Gasteiger partial charge in [-0.2, -0.15) is 0 Å². The Hall–Kier alpha value is -0.830. The molecule has 3 heteroatoms. The molecule has 0 spiro atoms. The number of hydrogen-bond acceptors (Lipinski definition) is 2. The van der Waals surface area contributed by atoms with Gasteiger partial charge < -0.3 is 10.1 Å². The molecule has 0 radical (unpaired) electrons. The van der Waals surface area contributed by atoms with Gasteiger partial charge in [0.15, 0.2) is 0 Å². The first-order chi connectivity index (χ1) is 6.34. The summed E-state index contributed by atoms with van der Waals surface area (Å²) in [4.78, 5) is 7.10. The molecule has 72 valence electrons. The Morgan fingerprint density at radius 2 is 2.46 bits per heavy atom. The number of nitrogens with one attached hydrogen (secondary N) is 1. The van der Waals surface area contributed by atoms with Crippen molar-refractivity contribution in [1.82, 2.24) is 9.97 Å². The first-order valence-electron chi connectivity index (χ1n) is 5.01. The maximum atomic E-state index is 9.70. The van der Waals surface area contributed by atoms with Crippen LogP contribution in [0.4, 0.5) is 0 Å². The Balaban J connectivity index is 1.74. The van der Waals surface area contributed by atoms with E-state index >= 15 is 0 Å². The highest BCUT2D eigenvalue weighted by Crippen LogP contribution is 2.30. The molecule has 1 aromatic rings. The second-order valence-electron chi connectivity index (χ2n) is 3.93. The highest BCUT2D eigenvalue weighted by atomic mass is 16.3. The van der Waals surface area contributed by atoms with Gasteiger partial charge in [0.1, 0.15) is 5.82 Å². The smallest absolute Gasteiger partial charge is 0.108 e. The number of aliphatic hydroxyl groups is 1. The molecule has 2 rings (SSSR count). The summed E-state index contributed by atoms with van der Waals surface area (Å²) in [5, 5.41) is 9.70. The molecular weight excluding hydrogens is 164 g/mol. The lowest BCUT2D eigenvalue weighted by atomic mass is 9.81. The summed E-state index contributed by atoms with van der Waals surface area (Å²) in [5.74, 6) is 1.66. The van der Waals surface area contributed by atoms with Crippen LogP contribution in [-0.2, 0) is 6.42 Å². The van der Waals surface area contributed by atoms with Crippen LogP contribution in [0.2, 0.25) is 0 Å². The van der Waals surface area contributed by atoms with Crippen LogP contribution in [0.5, 0.6) is 0 Å². The highest BCUT2D eigenvalue weighted by Gasteiger charge is 2.21. The third-order valence-corrected chi connectivity index (χ3v) is 2.81. The van der Waals surface area contributed by atoms with Gasteiger partial charge >= 0.3 is 0 Å². The summed E-state index contributed by atoms with van der Waals surface area (Å²) in [6, 6.07) is 0. The van der Waals surface area contributed by atoms with Gasteiger partial charge in [-0.1, -0.05) is 19.3 Å². The summed E-state index contributed by atoms with van der Waals surface area (Å²) in [7, 11) is 0. The first kappa shape index (κ1) is 8.75. The monoisotopic (exact) mass is 180 g/mol. The third-order valence-electron chi connectivity index (χ3n) is 2.81. The summed E-state index contributed by atoms with van der Waals surface area (Å²) >= 11 is 0. The van der Waals surface area contributed by atoms with Crippen LogP contribution < -0.4 is 0 Å². The van der Waals surface area contributed by atoms with E-state index in [9.17, 15) is 5.11 Å². The Morgan fingerprint density at radius 1 is 1.62 bits per heavy atom. The van der Waals surface area contributed by atoms with Crippen LogP contribution in [0.15, 0.2) is 12.4 Å². The van der Waals surface area contributed by atoms with Crippen molar-refractivity contribution in [2.45, 2.75) is 38.2 Å². The van der Waals surface area contributed by atoms with Gasteiger partial charge in [-0.3, -0.25) is 0 Å². The number of hydrogen-bond donors (Lipinski definition) is 2. The molecule has 1 aliphatic carbocycles. The zero-order valence-electron chi connectivity index (χ0n) is 7.74.